The zero-order chi connectivity index (χ0) is 34.7. The molecule has 1 fully saturated rings. The van der Waals surface area contributed by atoms with E-state index in [1.54, 1.807) is 65.6 Å². The van der Waals surface area contributed by atoms with Gasteiger partial charge >= 0.3 is 5.97 Å². The second-order valence-corrected chi connectivity index (χ2v) is 14.0. The summed E-state index contributed by atoms with van der Waals surface area (Å²) in [7, 11) is -3.58. The van der Waals surface area contributed by atoms with Gasteiger partial charge in [0.2, 0.25) is 10.0 Å². The van der Waals surface area contributed by atoms with E-state index < -0.39 is 45.9 Å². The number of carbonyl (C=O) groups is 3. The molecule has 0 unspecified atom stereocenters. The number of halogens is 1. The van der Waals surface area contributed by atoms with Crippen LogP contribution in [0.3, 0.4) is 0 Å². The Morgan fingerprint density at radius 3 is 2.69 bits per heavy atom. The van der Waals surface area contributed by atoms with Crippen molar-refractivity contribution in [2.75, 3.05) is 12.9 Å². The fourth-order valence-corrected chi connectivity index (χ4v) is 7.26. The lowest BCUT2D eigenvalue weighted by Crippen LogP contribution is -2.62. The Balaban J connectivity index is 1.61. The highest BCUT2D eigenvalue weighted by Crippen LogP contribution is 2.40. The Morgan fingerprint density at radius 1 is 1.17 bits per heavy atom. The number of amides is 2. The van der Waals surface area contributed by atoms with E-state index in [4.69, 9.17) is 32.7 Å². The van der Waals surface area contributed by atoms with Crippen LogP contribution in [0.2, 0.25) is 0 Å². The van der Waals surface area contributed by atoms with Crippen molar-refractivity contribution >= 4 is 39.4 Å². The fourth-order valence-electron chi connectivity index (χ4n) is 6.28. The molecule has 0 bridgehead atoms. The van der Waals surface area contributed by atoms with Gasteiger partial charge in [-0.25, -0.2) is 18.6 Å². The third-order valence-corrected chi connectivity index (χ3v) is 9.19. The first-order valence-electron chi connectivity index (χ1n) is 15.7. The quantitative estimate of drug-likeness (QED) is 0.105. The van der Waals surface area contributed by atoms with Crippen molar-refractivity contribution in [1.82, 2.24) is 15.1 Å². The second-order valence-electron chi connectivity index (χ2n) is 11.8. The molecule has 0 saturated heterocycles. The summed E-state index contributed by atoms with van der Waals surface area (Å²) in [5, 5.41) is 9.13. The molecule has 1 saturated carbocycles. The number of nitrogens with one attached hydrogen (secondary N) is 2. The summed E-state index contributed by atoms with van der Waals surface area (Å²) in [6.45, 7) is 0.250. The zero-order valence-electron chi connectivity index (χ0n) is 26.6. The maximum Gasteiger partial charge on any atom is 0.303 e. The van der Waals surface area contributed by atoms with Crippen molar-refractivity contribution < 1.29 is 37.5 Å². The molecule has 2 amide bonds. The predicted molar refractivity (Wildman–Crippen MR) is 181 cm³/mol. The number of aliphatic carboxylic acids is 1. The first-order valence-corrected chi connectivity index (χ1v) is 18.0. The standard InChI is InChI=1S/C35H40ClN3O8S/c1-3-11-25(36)13-9-19-31-33(34(42)37-47-23-24-12-8-14-26(22-24)46-21-10-20-32(40)41)27-15-4-5-16-28(27)35(43)39(31)30-18-7-6-17-29(30)38-48(2,44)45/h1,4-5,8-9,11-16,22,29-31,33,38H,6-7,10,17-21,23H2,2H3,(H,37,42)(H,40,41)/b13-9-,25-11+/t29-,30-,31-,33+/m0/s1. The van der Waals surface area contributed by atoms with Crippen LogP contribution in [-0.2, 0) is 31.1 Å². The summed E-state index contributed by atoms with van der Waals surface area (Å²) in [4.78, 5) is 46.4. The minimum absolute atomic E-state index is 0.00318. The first-order chi connectivity index (χ1) is 23.0. The Hall–Kier alpha value is -4.15. The number of benzene rings is 2. The molecule has 4 rings (SSSR count). The van der Waals surface area contributed by atoms with Gasteiger partial charge in [0.1, 0.15) is 5.75 Å². The molecule has 2 aliphatic rings. The van der Waals surface area contributed by atoms with Crippen LogP contribution in [0.1, 0.15) is 72.3 Å². The number of hydrogen-bond acceptors (Lipinski definition) is 7. The molecule has 3 N–H and O–H groups in total. The van der Waals surface area contributed by atoms with Crippen LogP contribution in [0, 0.1) is 12.3 Å². The molecular formula is C35H40ClN3O8S. The van der Waals surface area contributed by atoms with Crippen molar-refractivity contribution in [3.63, 3.8) is 0 Å². The van der Waals surface area contributed by atoms with Crippen molar-refractivity contribution in [2.45, 2.75) is 75.6 Å². The van der Waals surface area contributed by atoms with Gasteiger partial charge in [0.05, 0.1) is 31.4 Å². The third kappa shape index (κ3) is 10.2. The van der Waals surface area contributed by atoms with Gasteiger partial charge in [-0.3, -0.25) is 19.2 Å². The van der Waals surface area contributed by atoms with Crippen molar-refractivity contribution in [3.05, 3.63) is 88.5 Å². The van der Waals surface area contributed by atoms with E-state index in [-0.39, 0.29) is 32.0 Å². The number of fused-ring (bicyclic) bond motifs is 1. The average molecular weight is 698 g/mol. The zero-order valence-corrected chi connectivity index (χ0v) is 28.2. The molecule has 0 spiro atoms. The Kier molecular flexibility index (Phi) is 13.2. The van der Waals surface area contributed by atoms with Gasteiger partial charge < -0.3 is 14.7 Å². The van der Waals surface area contributed by atoms with E-state index >= 15 is 0 Å². The molecule has 0 radical (unpaired) electrons. The van der Waals surface area contributed by atoms with E-state index in [0.29, 0.717) is 46.7 Å². The predicted octanol–water partition coefficient (Wildman–Crippen LogP) is 4.65. The molecule has 13 heteroatoms. The van der Waals surface area contributed by atoms with Crippen LogP contribution in [0.15, 0.2) is 71.8 Å². The van der Waals surface area contributed by atoms with E-state index in [1.165, 1.54) is 6.08 Å². The summed E-state index contributed by atoms with van der Waals surface area (Å²) in [6.07, 6.45) is 14.5. The molecule has 4 atom stereocenters. The number of rotatable bonds is 15. The lowest BCUT2D eigenvalue weighted by atomic mass is 9.78. The van der Waals surface area contributed by atoms with Crippen LogP contribution in [-0.4, -0.2) is 67.2 Å². The normalized spacial score (nSPS) is 21.4. The Bertz CT molecular complexity index is 1690. The lowest BCUT2D eigenvalue weighted by molar-refractivity contribution is -0.138. The average Bonchev–Trinajstić information content (AvgIpc) is 3.03. The molecule has 2 aromatic rings. The fraction of sp³-hybridized carbons (Fsp3) is 0.400. The van der Waals surface area contributed by atoms with Crippen LogP contribution in [0.4, 0.5) is 0 Å². The van der Waals surface area contributed by atoms with E-state index in [0.717, 1.165) is 19.1 Å². The number of terminal acetylenes is 1. The van der Waals surface area contributed by atoms with Gasteiger partial charge in [0.15, 0.2) is 0 Å². The van der Waals surface area contributed by atoms with E-state index in [1.807, 2.05) is 0 Å². The number of carboxylic acids is 1. The number of nitrogens with zero attached hydrogens (tertiary/aromatic N) is 1. The number of allylic oxidation sites excluding steroid dienone is 3. The molecule has 0 aromatic heterocycles. The number of hydrogen-bond donors (Lipinski definition) is 3. The maximum absolute atomic E-state index is 14.2. The minimum atomic E-state index is -3.58. The largest absolute Gasteiger partial charge is 0.494 e. The van der Waals surface area contributed by atoms with Crippen LogP contribution < -0.4 is 14.9 Å². The van der Waals surface area contributed by atoms with Crippen molar-refractivity contribution in [3.8, 4) is 18.1 Å². The van der Waals surface area contributed by atoms with Crippen LogP contribution in [0.5, 0.6) is 5.75 Å². The second kappa shape index (κ2) is 17.3. The molecule has 48 heavy (non-hydrogen) atoms. The van der Waals surface area contributed by atoms with Crippen molar-refractivity contribution in [1.29, 1.82) is 0 Å². The summed E-state index contributed by atoms with van der Waals surface area (Å²) in [5.74, 6) is 0.374. The third-order valence-electron chi connectivity index (χ3n) is 8.23. The number of sulfonamides is 1. The van der Waals surface area contributed by atoms with Crippen LogP contribution >= 0.6 is 11.6 Å². The van der Waals surface area contributed by atoms with Gasteiger partial charge in [-0.2, -0.15) is 0 Å². The lowest BCUT2D eigenvalue weighted by Gasteiger charge is -2.48. The number of carboxylic acid groups (broad SMARTS) is 1. The Morgan fingerprint density at radius 2 is 1.94 bits per heavy atom. The van der Waals surface area contributed by atoms with E-state index in [2.05, 4.69) is 16.1 Å². The molecule has 1 heterocycles. The number of carbonyl (C=O) groups excluding carboxylic acids is 2. The molecule has 2 aromatic carbocycles. The topological polar surface area (TPSA) is 151 Å². The number of ether oxygens (including phenoxy) is 1. The van der Waals surface area contributed by atoms with Crippen molar-refractivity contribution in [2.24, 2.45) is 0 Å². The molecule has 11 nitrogen and oxygen atoms in total. The molecular weight excluding hydrogens is 658 g/mol. The van der Waals surface area contributed by atoms with Gasteiger partial charge in [0.25, 0.3) is 11.8 Å². The Labute approximate surface area is 286 Å². The molecule has 1 aliphatic carbocycles. The number of hydroxylamine groups is 1. The highest BCUT2D eigenvalue weighted by molar-refractivity contribution is 7.88. The minimum Gasteiger partial charge on any atom is -0.494 e. The highest BCUT2D eigenvalue weighted by atomic mass is 35.5. The monoisotopic (exact) mass is 697 g/mol. The van der Waals surface area contributed by atoms with Gasteiger partial charge in [-0.1, -0.05) is 66.8 Å². The highest BCUT2D eigenvalue weighted by Gasteiger charge is 2.47. The van der Waals surface area contributed by atoms with Crippen LogP contribution in [0.25, 0.3) is 0 Å². The molecule has 1 aliphatic heterocycles. The van der Waals surface area contributed by atoms with Gasteiger partial charge in [-0.15, -0.1) is 6.42 Å². The smallest absolute Gasteiger partial charge is 0.303 e. The SMILES string of the molecule is C#C/C=C(Cl)\C=C/C[C@H]1[C@H](C(=O)NOCc2cccc(OCCCC(=O)O)c2)c2ccccc2C(=O)N1[C@H]1CCCC[C@@H]1NS(C)(=O)=O. The van der Waals surface area contributed by atoms with Gasteiger partial charge in [-0.05, 0) is 61.1 Å². The molecule has 256 valence electrons. The summed E-state index contributed by atoms with van der Waals surface area (Å²) < 4.78 is 33.1. The summed E-state index contributed by atoms with van der Waals surface area (Å²) in [5.41, 5.74) is 4.18. The maximum atomic E-state index is 14.2. The first kappa shape index (κ1) is 36.7. The summed E-state index contributed by atoms with van der Waals surface area (Å²) >= 11 is 6.22. The van der Waals surface area contributed by atoms with Gasteiger partial charge in [0, 0.05) is 35.2 Å². The summed E-state index contributed by atoms with van der Waals surface area (Å²) in [6, 6.07) is 12.2. The van der Waals surface area contributed by atoms with E-state index in [9.17, 15) is 22.8 Å².